The summed E-state index contributed by atoms with van der Waals surface area (Å²) in [5, 5.41) is 0. The van der Waals surface area contributed by atoms with Gasteiger partial charge in [0.15, 0.2) is 0 Å². The van der Waals surface area contributed by atoms with E-state index < -0.39 is 0 Å². The summed E-state index contributed by atoms with van der Waals surface area (Å²) in [6.07, 6.45) is 4.00. The molecule has 0 heteroatoms. The van der Waals surface area contributed by atoms with Gasteiger partial charge in [0.25, 0.3) is 0 Å². The average Bonchev–Trinajstić information content (AvgIpc) is 2.43. The van der Waals surface area contributed by atoms with Crippen LogP contribution in [0.25, 0.3) is 0 Å². The first-order valence-corrected chi connectivity index (χ1v) is 11.7. The molecule has 0 rings (SSSR count). The number of rotatable bonds is 1. The Balaban J connectivity index is -0.0000000437. The molecule has 0 aromatic heterocycles. The Hall–Kier alpha value is -1.04. The molecule has 0 radical (unpaired) electrons. The van der Waals surface area contributed by atoms with Gasteiger partial charge < -0.3 is 0 Å². The highest BCUT2D eigenvalue weighted by atomic mass is 14.0. The first kappa shape index (κ1) is 47.7. The van der Waals surface area contributed by atoms with Crippen molar-refractivity contribution in [1.29, 1.82) is 0 Å². The lowest BCUT2D eigenvalue weighted by atomic mass is 10.0. The molecule has 0 heterocycles. The molecule has 31 heavy (non-hydrogen) atoms. The van der Waals surface area contributed by atoms with Crippen LogP contribution in [0.3, 0.4) is 0 Å². The van der Waals surface area contributed by atoms with Gasteiger partial charge >= 0.3 is 0 Å². The lowest BCUT2D eigenvalue weighted by Crippen LogP contribution is -1.96. The predicted octanol–water partition coefficient (Wildman–Crippen LogP) is 11.7. The molecule has 0 aromatic rings. The third-order valence-electron chi connectivity index (χ3n) is 1.28. The van der Waals surface area contributed by atoms with Gasteiger partial charge in [-0.3, -0.25) is 13.8 Å². The highest BCUT2D eigenvalue weighted by Crippen LogP contribution is 2.06. The van der Waals surface area contributed by atoms with E-state index in [4.69, 9.17) is 0 Å². The minimum Gasteiger partial charge on any atom is -0.296 e. The largest absolute Gasteiger partial charge is 0.296 e. The summed E-state index contributed by atoms with van der Waals surface area (Å²) in [5.74, 6) is 2.65. The Morgan fingerprint density at radius 2 is 0.806 bits per heavy atom. The van der Waals surface area contributed by atoms with Crippen LogP contribution in [0, 0.1) is 56.8 Å². The van der Waals surface area contributed by atoms with Crippen LogP contribution in [0.2, 0.25) is 0 Å². The van der Waals surface area contributed by atoms with Gasteiger partial charge in [-0.05, 0) is 84.5 Å². The molecule has 0 bridgehead atoms. The average molecular weight is 439 g/mol. The molecule has 0 amide bonds. The molecule has 0 aliphatic rings. The Bertz CT molecular complexity index is 282. The molecular formula is C31H66. The molecule has 0 aliphatic carbocycles. The zero-order valence-corrected chi connectivity index (χ0v) is 25.2. The second-order valence-corrected chi connectivity index (χ2v) is 10.7. The van der Waals surface area contributed by atoms with E-state index in [0.717, 1.165) is 11.8 Å². The van der Waals surface area contributed by atoms with E-state index in [-0.39, 0.29) is 5.41 Å². The lowest BCUT2D eigenvalue weighted by Gasteiger charge is -2.06. The summed E-state index contributed by atoms with van der Waals surface area (Å²) in [5.41, 5.74) is 2.33. The van der Waals surface area contributed by atoms with Crippen LogP contribution in [0.15, 0.2) is 36.5 Å². The van der Waals surface area contributed by atoms with Gasteiger partial charge in [0.2, 0.25) is 0 Å². The standard InChI is InChI=1S/C6H12.C5H10.2C4H10.3C4H8/c1-5(2)6(3)4;1-5(2,3)4;4*1-4(2)3;1-3-4-2/h5-6H,1-2H2,3-4H3;1-2H2,3-4H3;2*4H,1-3H3;2*1H2,2-3H3;3-4H,1-2H3. The first-order valence-electron chi connectivity index (χ1n) is 11.7. The second-order valence-electron chi connectivity index (χ2n) is 10.7. The van der Waals surface area contributed by atoms with Crippen molar-refractivity contribution in [3.8, 4) is 0 Å². The molecule has 0 atom stereocenters. The molecule has 190 valence electrons. The van der Waals surface area contributed by atoms with Gasteiger partial charge in [0, 0.05) is 13.8 Å². The van der Waals surface area contributed by atoms with Crippen molar-refractivity contribution in [2.24, 2.45) is 29.1 Å². The van der Waals surface area contributed by atoms with Crippen LogP contribution in [0.4, 0.5) is 0 Å². The van der Waals surface area contributed by atoms with E-state index >= 15 is 0 Å². The van der Waals surface area contributed by atoms with Gasteiger partial charge in [0.05, 0.1) is 0 Å². The van der Waals surface area contributed by atoms with E-state index in [1.54, 1.807) is 0 Å². The van der Waals surface area contributed by atoms with Crippen molar-refractivity contribution in [1.82, 2.24) is 0 Å². The maximum absolute atomic E-state index is 3.73. The zero-order valence-electron chi connectivity index (χ0n) is 25.2. The fraction of sp³-hybridized carbons (Fsp3) is 0.677. The smallest absolute Gasteiger partial charge is 0.0358 e. The van der Waals surface area contributed by atoms with Crippen molar-refractivity contribution >= 4 is 0 Å². The maximum Gasteiger partial charge on any atom is 0.0358 e. The SMILES string of the molecule is C=C(C)C.C=C(C)C.CC(C)C.CC(C)C.CC=CC.[CH2+]C([CH2-])(C)C.[CH2+]C([CH2-])C(C)C. The second kappa shape index (κ2) is 36.3. The van der Waals surface area contributed by atoms with Gasteiger partial charge in [-0.25, -0.2) is 0 Å². The van der Waals surface area contributed by atoms with Gasteiger partial charge in [-0.15, -0.1) is 13.2 Å². The normalized spacial score (nSPS) is 10.1. The summed E-state index contributed by atoms with van der Waals surface area (Å²) in [4.78, 5) is 0. The number of allylic oxidation sites excluding steroid dienone is 4. The molecule has 0 saturated carbocycles. The Morgan fingerprint density at radius 3 is 0.806 bits per heavy atom. The topological polar surface area (TPSA) is 0 Å². The van der Waals surface area contributed by atoms with Crippen molar-refractivity contribution in [2.75, 3.05) is 0 Å². The molecular weight excluding hydrogens is 372 g/mol. The Morgan fingerprint density at radius 1 is 0.742 bits per heavy atom. The summed E-state index contributed by atoms with van der Waals surface area (Å²) in [6, 6.07) is 0. The fourth-order valence-electron chi connectivity index (χ4n) is 0. The number of hydrogen-bond acceptors (Lipinski definition) is 0. The van der Waals surface area contributed by atoms with E-state index in [1.807, 2.05) is 67.5 Å². The maximum atomic E-state index is 3.73. The number of hydrogen-bond donors (Lipinski definition) is 0. The lowest BCUT2D eigenvalue weighted by molar-refractivity contribution is 0.544. The molecule has 0 nitrogen and oxygen atoms in total. The van der Waals surface area contributed by atoms with E-state index in [0.29, 0.717) is 11.8 Å². The van der Waals surface area contributed by atoms with Crippen molar-refractivity contribution in [3.63, 3.8) is 0 Å². The quantitative estimate of drug-likeness (QED) is 0.282. The molecule has 0 aliphatic heterocycles. The first-order chi connectivity index (χ1) is 13.5. The minimum atomic E-state index is 0. The third kappa shape index (κ3) is 1340. The Kier molecular flexibility index (Phi) is 55.9. The van der Waals surface area contributed by atoms with Gasteiger partial charge in [-0.1, -0.05) is 78.7 Å². The van der Waals surface area contributed by atoms with Crippen LogP contribution in [-0.2, 0) is 0 Å². The summed E-state index contributed by atoms with van der Waals surface area (Å²) < 4.78 is 0. The Labute approximate surface area is 204 Å². The van der Waals surface area contributed by atoms with E-state index in [9.17, 15) is 0 Å². The molecule has 0 fully saturated rings. The monoisotopic (exact) mass is 439 g/mol. The van der Waals surface area contributed by atoms with Crippen molar-refractivity contribution in [3.05, 3.63) is 64.2 Å². The van der Waals surface area contributed by atoms with Gasteiger partial charge in [-0.2, -0.15) is 0 Å². The summed E-state index contributed by atoms with van der Waals surface area (Å²) >= 11 is 0. The molecule has 0 N–H and O–H groups in total. The van der Waals surface area contributed by atoms with Crippen LogP contribution in [-0.4, -0.2) is 0 Å². The summed E-state index contributed by atoms with van der Waals surface area (Å²) in [6.45, 7) is 54.9. The molecule has 0 spiro atoms. The predicted molar refractivity (Wildman–Crippen MR) is 156 cm³/mol. The highest BCUT2D eigenvalue weighted by molar-refractivity contribution is 4.79. The van der Waals surface area contributed by atoms with Crippen molar-refractivity contribution < 1.29 is 0 Å². The van der Waals surface area contributed by atoms with E-state index in [2.05, 4.69) is 96.2 Å². The fourth-order valence-corrected chi connectivity index (χ4v) is 0. The minimum absolute atomic E-state index is 0. The molecule has 0 saturated heterocycles. The zero-order chi connectivity index (χ0) is 27.4. The highest BCUT2D eigenvalue weighted by Gasteiger charge is 1.96. The van der Waals surface area contributed by atoms with Crippen molar-refractivity contribution in [2.45, 2.75) is 111 Å². The summed E-state index contributed by atoms with van der Waals surface area (Å²) in [7, 11) is 0. The molecule has 0 aromatic carbocycles. The van der Waals surface area contributed by atoms with Gasteiger partial charge in [0.1, 0.15) is 0 Å². The van der Waals surface area contributed by atoms with Crippen LogP contribution in [0.5, 0.6) is 0 Å². The third-order valence-corrected chi connectivity index (χ3v) is 1.28. The van der Waals surface area contributed by atoms with E-state index in [1.165, 1.54) is 11.1 Å². The molecule has 0 unspecified atom stereocenters. The van der Waals surface area contributed by atoms with Crippen LogP contribution in [0.1, 0.15) is 111 Å². The van der Waals surface area contributed by atoms with Crippen LogP contribution >= 0.6 is 0 Å². The van der Waals surface area contributed by atoms with Crippen LogP contribution < -0.4 is 0 Å².